The van der Waals surface area contributed by atoms with Gasteiger partial charge in [-0.2, -0.15) is 0 Å². The molecule has 1 amide bonds. The fourth-order valence-corrected chi connectivity index (χ4v) is 2.47. The Morgan fingerprint density at radius 2 is 1.76 bits per heavy atom. The molecular formula is C16H21N3OS. The molecule has 4 nitrogen and oxygen atoms in total. The third-order valence-corrected chi connectivity index (χ3v) is 3.82. The third-order valence-electron chi connectivity index (χ3n) is 3.42. The van der Waals surface area contributed by atoms with Crippen LogP contribution in [0.3, 0.4) is 0 Å². The molecule has 1 heterocycles. The average Bonchev–Trinajstić information content (AvgIpc) is 2.53. The van der Waals surface area contributed by atoms with Gasteiger partial charge in [-0.1, -0.05) is 30.4 Å². The van der Waals surface area contributed by atoms with E-state index in [1.165, 1.54) is 0 Å². The fraction of sp³-hybridized carbons (Fsp3) is 0.375. The van der Waals surface area contributed by atoms with Gasteiger partial charge in [0.15, 0.2) is 5.11 Å². The summed E-state index contributed by atoms with van der Waals surface area (Å²) in [5.41, 5.74) is 1.80. The summed E-state index contributed by atoms with van der Waals surface area (Å²) in [4.78, 5) is 16.3. The largest absolute Gasteiger partial charge is 0.359 e. The third kappa shape index (κ3) is 4.29. The lowest BCUT2D eigenvalue weighted by molar-refractivity contribution is 0.0691. The molecule has 0 saturated carbocycles. The molecule has 0 atom stereocenters. The molecule has 1 fully saturated rings. The van der Waals surface area contributed by atoms with Crippen molar-refractivity contribution in [3.63, 3.8) is 0 Å². The Morgan fingerprint density at radius 1 is 1.19 bits per heavy atom. The van der Waals surface area contributed by atoms with Crippen molar-refractivity contribution in [1.29, 1.82) is 0 Å². The zero-order valence-corrected chi connectivity index (χ0v) is 13.2. The molecule has 1 saturated heterocycles. The Bertz CT molecular complexity index is 522. The van der Waals surface area contributed by atoms with Crippen LogP contribution in [0.25, 0.3) is 0 Å². The summed E-state index contributed by atoms with van der Waals surface area (Å²) >= 11 is 5.36. The van der Waals surface area contributed by atoms with Crippen molar-refractivity contribution in [2.24, 2.45) is 0 Å². The van der Waals surface area contributed by atoms with Crippen molar-refractivity contribution in [2.45, 2.75) is 6.92 Å². The van der Waals surface area contributed by atoms with E-state index in [-0.39, 0.29) is 5.91 Å². The molecule has 1 aromatic carbocycles. The summed E-state index contributed by atoms with van der Waals surface area (Å²) in [6.07, 6.45) is 0. The van der Waals surface area contributed by atoms with Crippen molar-refractivity contribution in [1.82, 2.24) is 15.1 Å². The highest BCUT2D eigenvalue weighted by molar-refractivity contribution is 7.80. The van der Waals surface area contributed by atoms with Gasteiger partial charge in [-0.3, -0.25) is 4.79 Å². The number of amides is 1. The smallest absolute Gasteiger partial charge is 0.253 e. The molecule has 21 heavy (non-hydrogen) atoms. The van der Waals surface area contributed by atoms with Crippen LogP contribution in [0.1, 0.15) is 17.3 Å². The number of rotatable bonds is 3. The molecule has 1 aliphatic rings. The molecule has 2 rings (SSSR count). The predicted octanol–water partition coefficient (Wildman–Crippen LogP) is 1.89. The minimum atomic E-state index is 0.0936. The summed E-state index contributed by atoms with van der Waals surface area (Å²) in [7, 11) is 0. The van der Waals surface area contributed by atoms with Crippen LogP contribution < -0.4 is 5.32 Å². The summed E-state index contributed by atoms with van der Waals surface area (Å²) < 4.78 is 0. The van der Waals surface area contributed by atoms with Crippen LogP contribution in [0.5, 0.6) is 0 Å². The average molecular weight is 303 g/mol. The van der Waals surface area contributed by atoms with E-state index in [0.717, 1.165) is 29.3 Å². The van der Waals surface area contributed by atoms with Gasteiger partial charge in [-0.25, -0.2) is 0 Å². The number of hydrogen-bond acceptors (Lipinski definition) is 2. The van der Waals surface area contributed by atoms with Gasteiger partial charge >= 0.3 is 0 Å². The first-order chi connectivity index (χ1) is 10.1. The second-order valence-electron chi connectivity index (χ2n) is 5.26. The number of benzene rings is 1. The van der Waals surface area contributed by atoms with Gasteiger partial charge in [-0.15, -0.1) is 0 Å². The van der Waals surface area contributed by atoms with Gasteiger partial charge in [0, 0.05) is 38.3 Å². The Labute approximate surface area is 131 Å². The number of hydrogen-bond donors (Lipinski definition) is 1. The second-order valence-corrected chi connectivity index (χ2v) is 5.65. The van der Waals surface area contributed by atoms with Gasteiger partial charge < -0.3 is 15.1 Å². The van der Waals surface area contributed by atoms with E-state index in [0.29, 0.717) is 19.6 Å². The molecule has 0 bridgehead atoms. The molecule has 1 N–H and O–H groups in total. The molecule has 112 valence electrons. The maximum atomic E-state index is 12.3. The Hall–Kier alpha value is -1.88. The molecule has 0 spiro atoms. The predicted molar refractivity (Wildman–Crippen MR) is 89.3 cm³/mol. The van der Waals surface area contributed by atoms with Crippen LogP contribution in [0.15, 0.2) is 42.5 Å². The van der Waals surface area contributed by atoms with E-state index in [4.69, 9.17) is 12.2 Å². The minimum absolute atomic E-state index is 0.0936. The minimum Gasteiger partial charge on any atom is -0.359 e. The van der Waals surface area contributed by atoms with Crippen molar-refractivity contribution < 1.29 is 4.79 Å². The number of carbonyl (C=O) groups excluding carboxylic acids is 1. The van der Waals surface area contributed by atoms with Crippen molar-refractivity contribution in [3.05, 3.63) is 48.0 Å². The number of nitrogens with one attached hydrogen (secondary N) is 1. The topological polar surface area (TPSA) is 35.6 Å². The first-order valence-electron chi connectivity index (χ1n) is 7.09. The van der Waals surface area contributed by atoms with Crippen LogP contribution in [0.4, 0.5) is 0 Å². The van der Waals surface area contributed by atoms with Crippen LogP contribution >= 0.6 is 12.2 Å². The monoisotopic (exact) mass is 303 g/mol. The van der Waals surface area contributed by atoms with E-state index in [1.54, 1.807) is 0 Å². The molecule has 0 aromatic heterocycles. The fourth-order valence-electron chi connectivity index (χ4n) is 2.21. The summed E-state index contributed by atoms with van der Waals surface area (Å²) in [6.45, 7) is 9.43. The Balaban J connectivity index is 1.84. The van der Waals surface area contributed by atoms with E-state index in [2.05, 4.69) is 16.8 Å². The van der Waals surface area contributed by atoms with E-state index >= 15 is 0 Å². The lowest BCUT2D eigenvalue weighted by Gasteiger charge is -2.36. The van der Waals surface area contributed by atoms with E-state index in [1.807, 2.05) is 42.2 Å². The normalized spacial score (nSPS) is 14.7. The Morgan fingerprint density at radius 3 is 2.33 bits per heavy atom. The first-order valence-corrected chi connectivity index (χ1v) is 7.50. The molecule has 0 radical (unpaired) electrons. The highest BCUT2D eigenvalue weighted by Gasteiger charge is 2.23. The van der Waals surface area contributed by atoms with Crippen LogP contribution in [0.2, 0.25) is 0 Å². The van der Waals surface area contributed by atoms with Crippen molar-refractivity contribution >= 4 is 23.2 Å². The van der Waals surface area contributed by atoms with Crippen molar-refractivity contribution in [3.8, 4) is 0 Å². The van der Waals surface area contributed by atoms with Crippen LogP contribution in [0, 0.1) is 0 Å². The lowest BCUT2D eigenvalue weighted by atomic mass is 10.2. The van der Waals surface area contributed by atoms with Gasteiger partial charge in [0.1, 0.15) is 0 Å². The number of carbonyl (C=O) groups is 1. The second kappa shape index (κ2) is 7.22. The van der Waals surface area contributed by atoms with Crippen LogP contribution in [-0.2, 0) is 0 Å². The van der Waals surface area contributed by atoms with Gasteiger partial charge in [0.05, 0.1) is 0 Å². The highest BCUT2D eigenvalue weighted by Crippen LogP contribution is 2.09. The summed E-state index contributed by atoms with van der Waals surface area (Å²) in [6, 6.07) is 9.40. The molecule has 5 heteroatoms. The maximum absolute atomic E-state index is 12.3. The summed E-state index contributed by atoms with van der Waals surface area (Å²) in [5, 5.41) is 3.92. The molecule has 1 aromatic rings. The van der Waals surface area contributed by atoms with E-state index in [9.17, 15) is 4.79 Å². The standard InChI is InChI=1S/C16H21N3OS/c1-13(2)12-17-16(21)19-10-8-18(9-11-19)15(20)14-6-4-3-5-7-14/h3-7H,1,8-12H2,2H3,(H,17,21). The number of thiocarbonyl (C=S) groups is 1. The highest BCUT2D eigenvalue weighted by atomic mass is 32.1. The first kappa shape index (κ1) is 15.5. The van der Waals surface area contributed by atoms with Gasteiger partial charge in [0.25, 0.3) is 5.91 Å². The van der Waals surface area contributed by atoms with E-state index < -0.39 is 0 Å². The zero-order chi connectivity index (χ0) is 15.2. The Kier molecular flexibility index (Phi) is 5.33. The SMILES string of the molecule is C=C(C)CNC(=S)N1CCN(C(=O)c2ccccc2)CC1. The maximum Gasteiger partial charge on any atom is 0.253 e. The molecular weight excluding hydrogens is 282 g/mol. The summed E-state index contributed by atoms with van der Waals surface area (Å²) in [5.74, 6) is 0.0936. The van der Waals surface area contributed by atoms with Crippen molar-refractivity contribution in [2.75, 3.05) is 32.7 Å². The van der Waals surface area contributed by atoms with Crippen LogP contribution in [-0.4, -0.2) is 53.5 Å². The number of nitrogens with zero attached hydrogens (tertiary/aromatic N) is 2. The molecule has 0 aliphatic carbocycles. The zero-order valence-electron chi connectivity index (χ0n) is 12.3. The lowest BCUT2D eigenvalue weighted by Crippen LogP contribution is -2.53. The molecule has 1 aliphatic heterocycles. The quantitative estimate of drug-likeness (QED) is 0.683. The van der Waals surface area contributed by atoms with Gasteiger partial charge in [-0.05, 0) is 31.3 Å². The molecule has 0 unspecified atom stereocenters. The number of piperazine rings is 1. The van der Waals surface area contributed by atoms with Gasteiger partial charge in [0.2, 0.25) is 0 Å².